The predicted molar refractivity (Wildman–Crippen MR) is 61.9 cm³/mol. The number of rotatable bonds is 1. The molecule has 0 aliphatic heterocycles. The lowest BCUT2D eigenvalue weighted by Gasteiger charge is -2.20. The first-order valence-electron chi connectivity index (χ1n) is 5.73. The van der Waals surface area contributed by atoms with Crippen LogP contribution in [0, 0.1) is 5.92 Å². The Morgan fingerprint density at radius 1 is 1.29 bits per heavy atom. The molecule has 0 radical (unpaired) electrons. The molecule has 1 aliphatic rings. The van der Waals surface area contributed by atoms with Gasteiger partial charge >= 0.3 is 12.1 Å². The lowest BCUT2D eigenvalue weighted by atomic mass is 9.95. The van der Waals surface area contributed by atoms with Crippen molar-refractivity contribution in [1.82, 2.24) is 5.48 Å². The summed E-state index contributed by atoms with van der Waals surface area (Å²) in [5.41, 5.74) is 1.39. The molecule has 17 heavy (non-hydrogen) atoms. The molecule has 1 unspecified atom stereocenters. The number of hydroxylamine groups is 1. The third-order valence-electron chi connectivity index (χ3n) is 2.24. The zero-order valence-electron chi connectivity index (χ0n) is 10.5. The van der Waals surface area contributed by atoms with E-state index in [2.05, 4.69) is 0 Å². The Morgan fingerprint density at radius 2 is 2.00 bits per heavy atom. The topological polar surface area (TPSA) is 64.6 Å². The van der Waals surface area contributed by atoms with Crippen molar-refractivity contribution in [3.63, 3.8) is 0 Å². The predicted octanol–water partition coefficient (Wildman–Crippen LogP) is 2.33. The van der Waals surface area contributed by atoms with Gasteiger partial charge in [-0.2, -0.15) is 0 Å². The molecule has 0 heterocycles. The highest BCUT2D eigenvalue weighted by Crippen LogP contribution is 2.19. The first-order chi connectivity index (χ1) is 7.88. The van der Waals surface area contributed by atoms with Crippen LogP contribution >= 0.6 is 0 Å². The van der Waals surface area contributed by atoms with Gasteiger partial charge in [0, 0.05) is 0 Å². The number of hydrogen-bond acceptors (Lipinski definition) is 4. The molecular formula is C12H19NO4. The Labute approximate surface area is 101 Å². The fraction of sp³-hybridized carbons (Fsp3) is 0.667. The van der Waals surface area contributed by atoms with E-state index in [1.54, 1.807) is 20.8 Å². The first kappa shape index (κ1) is 13.5. The van der Waals surface area contributed by atoms with Gasteiger partial charge in [-0.05, 0) is 40.0 Å². The van der Waals surface area contributed by atoms with E-state index in [1.807, 2.05) is 17.6 Å². The third kappa shape index (κ3) is 5.38. The molecule has 1 atom stereocenters. The van der Waals surface area contributed by atoms with Crippen molar-refractivity contribution in [2.75, 3.05) is 0 Å². The molecule has 96 valence electrons. The van der Waals surface area contributed by atoms with Crippen LogP contribution in [-0.4, -0.2) is 17.7 Å². The Morgan fingerprint density at radius 3 is 2.53 bits per heavy atom. The van der Waals surface area contributed by atoms with Crippen molar-refractivity contribution in [3.8, 4) is 0 Å². The maximum absolute atomic E-state index is 11.5. The van der Waals surface area contributed by atoms with E-state index in [1.165, 1.54) is 0 Å². The fourth-order valence-corrected chi connectivity index (χ4v) is 1.48. The van der Waals surface area contributed by atoms with Gasteiger partial charge in [0.15, 0.2) is 0 Å². The summed E-state index contributed by atoms with van der Waals surface area (Å²) in [5, 5.41) is 0. The van der Waals surface area contributed by atoms with Crippen molar-refractivity contribution in [1.29, 1.82) is 0 Å². The summed E-state index contributed by atoms with van der Waals surface area (Å²) in [4.78, 5) is 27.5. The summed E-state index contributed by atoms with van der Waals surface area (Å²) >= 11 is 0. The molecule has 0 saturated carbocycles. The second kappa shape index (κ2) is 5.70. The van der Waals surface area contributed by atoms with E-state index in [9.17, 15) is 9.59 Å². The van der Waals surface area contributed by atoms with Gasteiger partial charge in [-0.25, -0.2) is 9.59 Å². The smallest absolute Gasteiger partial charge is 0.441 e. The molecular weight excluding hydrogens is 222 g/mol. The standard InChI is InChI=1S/C12H19NO4/c1-12(2,3)16-11(15)13-17-10(14)9-7-5-4-6-8-9/h4-5,9H,6-8H2,1-3H3,(H,13,15). The molecule has 0 bridgehead atoms. The monoisotopic (exact) mass is 241 g/mol. The van der Waals surface area contributed by atoms with Gasteiger partial charge in [0.05, 0.1) is 5.92 Å². The summed E-state index contributed by atoms with van der Waals surface area (Å²) in [7, 11) is 0. The molecule has 0 spiro atoms. The molecule has 1 amide bonds. The molecule has 5 heteroatoms. The summed E-state index contributed by atoms with van der Waals surface area (Å²) < 4.78 is 4.93. The van der Waals surface area contributed by atoms with Crippen LogP contribution in [0.15, 0.2) is 12.2 Å². The molecule has 1 N–H and O–H groups in total. The third-order valence-corrected chi connectivity index (χ3v) is 2.24. The number of nitrogens with one attached hydrogen (secondary N) is 1. The van der Waals surface area contributed by atoms with Crippen LogP contribution in [-0.2, 0) is 14.4 Å². The quantitative estimate of drug-likeness (QED) is 0.565. The van der Waals surface area contributed by atoms with E-state index < -0.39 is 17.7 Å². The number of carbonyl (C=O) groups excluding carboxylic acids is 2. The minimum absolute atomic E-state index is 0.171. The Hall–Kier alpha value is -1.52. The van der Waals surface area contributed by atoms with Gasteiger partial charge < -0.3 is 9.57 Å². The Kier molecular flexibility index (Phi) is 4.54. The molecule has 1 rings (SSSR count). The van der Waals surface area contributed by atoms with Crippen LogP contribution in [0.2, 0.25) is 0 Å². The molecule has 0 saturated heterocycles. The second-order valence-electron chi connectivity index (χ2n) is 5.01. The van der Waals surface area contributed by atoms with Gasteiger partial charge in [-0.3, -0.25) is 0 Å². The number of allylic oxidation sites excluding steroid dienone is 2. The normalized spacial score (nSPS) is 19.6. The minimum Gasteiger partial charge on any atom is -0.442 e. The average molecular weight is 241 g/mol. The lowest BCUT2D eigenvalue weighted by Crippen LogP contribution is -2.35. The molecule has 0 aromatic heterocycles. The highest BCUT2D eigenvalue weighted by Gasteiger charge is 2.22. The fourth-order valence-electron chi connectivity index (χ4n) is 1.48. The Balaban J connectivity index is 2.28. The van der Waals surface area contributed by atoms with E-state index in [-0.39, 0.29) is 5.92 Å². The summed E-state index contributed by atoms with van der Waals surface area (Å²) in [5.74, 6) is -0.588. The van der Waals surface area contributed by atoms with Crippen molar-refractivity contribution in [2.45, 2.75) is 45.6 Å². The van der Waals surface area contributed by atoms with E-state index >= 15 is 0 Å². The second-order valence-corrected chi connectivity index (χ2v) is 5.01. The van der Waals surface area contributed by atoms with E-state index in [4.69, 9.17) is 9.57 Å². The Bertz CT molecular complexity index is 317. The number of hydrogen-bond donors (Lipinski definition) is 1. The van der Waals surface area contributed by atoms with E-state index in [0.717, 1.165) is 12.8 Å². The van der Waals surface area contributed by atoms with Gasteiger partial charge in [-0.15, -0.1) is 5.48 Å². The van der Waals surface area contributed by atoms with Crippen molar-refractivity contribution in [2.24, 2.45) is 5.92 Å². The summed E-state index contributed by atoms with van der Waals surface area (Å²) in [6, 6.07) is 0. The van der Waals surface area contributed by atoms with Gasteiger partial charge in [0.1, 0.15) is 5.60 Å². The lowest BCUT2D eigenvalue weighted by molar-refractivity contribution is -0.155. The molecule has 0 aromatic rings. The number of ether oxygens (including phenoxy) is 1. The van der Waals surface area contributed by atoms with Crippen molar-refractivity contribution >= 4 is 12.1 Å². The molecule has 0 fully saturated rings. The minimum atomic E-state index is -0.753. The summed E-state index contributed by atoms with van der Waals surface area (Å²) in [6.07, 6.45) is 5.51. The van der Waals surface area contributed by atoms with Gasteiger partial charge in [0.2, 0.25) is 0 Å². The van der Waals surface area contributed by atoms with Crippen molar-refractivity contribution in [3.05, 3.63) is 12.2 Å². The maximum atomic E-state index is 11.5. The van der Waals surface area contributed by atoms with Crippen LogP contribution in [0.4, 0.5) is 4.79 Å². The van der Waals surface area contributed by atoms with Crippen LogP contribution in [0.3, 0.4) is 0 Å². The van der Waals surface area contributed by atoms with E-state index in [0.29, 0.717) is 6.42 Å². The van der Waals surface area contributed by atoms with Crippen molar-refractivity contribution < 1.29 is 19.2 Å². The largest absolute Gasteiger partial charge is 0.442 e. The van der Waals surface area contributed by atoms with Crippen LogP contribution in [0.1, 0.15) is 40.0 Å². The highest BCUT2D eigenvalue weighted by molar-refractivity contribution is 5.75. The first-order valence-corrected chi connectivity index (χ1v) is 5.73. The number of amides is 1. The molecule has 5 nitrogen and oxygen atoms in total. The molecule has 0 aromatic carbocycles. The van der Waals surface area contributed by atoms with Crippen LogP contribution in [0.5, 0.6) is 0 Å². The number of carbonyl (C=O) groups is 2. The SMILES string of the molecule is CC(C)(C)OC(=O)NOC(=O)C1CC=CCC1. The van der Waals surface area contributed by atoms with Crippen LogP contribution < -0.4 is 5.48 Å². The highest BCUT2D eigenvalue weighted by atomic mass is 16.7. The van der Waals surface area contributed by atoms with Crippen LogP contribution in [0.25, 0.3) is 0 Å². The zero-order chi connectivity index (χ0) is 12.9. The zero-order valence-corrected chi connectivity index (χ0v) is 10.5. The van der Waals surface area contributed by atoms with Gasteiger partial charge in [0.25, 0.3) is 0 Å². The summed E-state index contributed by atoms with van der Waals surface area (Å²) in [6.45, 7) is 5.21. The maximum Gasteiger partial charge on any atom is 0.441 e. The molecule has 1 aliphatic carbocycles. The van der Waals surface area contributed by atoms with Gasteiger partial charge in [-0.1, -0.05) is 12.2 Å². The average Bonchev–Trinajstić information content (AvgIpc) is 2.25.